The zero-order valence-corrected chi connectivity index (χ0v) is 13.5. The number of amides is 2. The summed E-state index contributed by atoms with van der Waals surface area (Å²) in [6.07, 6.45) is 4.36. The molecule has 0 radical (unpaired) electrons. The predicted molar refractivity (Wildman–Crippen MR) is 85.8 cm³/mol. The van der Waals surface area contributed by atoms with Crippen molar-refractivity contribution in [2.75, 3.05) is 0 Å². The minimum absolute atomic E-state index is 0.0768. The lowest BCUT2D eigenvalue weighted by Crippen LogP contribution is -2.46. The van der Waals surface area contributed by atoms with Gasteiger partial charge in [-0.15, -0.1) is 11.3 Å². The molecule has 3 rings (SSSR count). The van der Waals surface area contributed by atoms with Gasteiger partial charge < -0.3 is 5.21 Å². The molecule has 7 heteroatoms. The van der Waals surface area contributed by atoms with Crippen molar-refractivity contribution < 1.29 is 14.3 Å². The van der Waals surface area contributed by atoms with E-state index >= 15 is 0 Å². The number of aromatic nitrogens is 1. The van der Waals surface area contributed by atoms with Gasteiger partial charge in [0, 0.05) is 17.0 Å². The van der Waals surface area contributed by atoms with Crippen LogP contribution in [0.1, 0.15) is 43.9 Å². The van der Waals surface area contributed by atoms with E-state index in [9.17, 15) is 14.8 Å². The van der Waals surface area contributed by atoms with Crippen LogP contribution in [0, 0.1) is 11.1 Å². The van der Waals surface area contributed by atoms with Crippen molar-refractivity contribution in [1.29, 1.82) is 0 Å². The number of rotatable bonds is 2. The third-order valence-electron chi connectivity index (χ3n) is 3.90. The van der Waals surface area contributed by atoms with Crippen LogP contribution >= 0.6 is 11.3 Å². The fourth-order valence-electron chi connectivity index (χ4n) is 2.66. The van der Waals surface area contributed by atoms with Crippen molar-refractivity contribution in [3.05, 3.63) is 56.7 Å². The van der Waals surface area contributed by atoms with Crippen molar-refractivity contribution in [2.24, 2.45) is 5.92 Å². The van der Waals surface area contributed by atoms with E-state index in [0.29, 0.717) is 15.5 Å². The van der Waals surface area contributed by atoms with Crippen LogP contribution in [0.15, 0.2) is 30.5 Å². The number of aryl methyl sites for hydroxylation is 1. The first-order valence-corrected chi connectivity index (χ1v) is 8.26. The minimum atomic E-state index is -0.649. The molecule has 0 spiro atoms. The average molecular weight is 331 g/mol. The van der Waals surface area contributed by atoms with E-state index < -0.39 is 5.91 Å². The lowest BCUT2D eigenvalue weighted by Gasteiger charge is -2.16. The van der Waals surface area contributed by atoms with Gasteiger partial charge in [0.05, 0.1) is 4.88 Å². The Balaban J connectivity index is 1.64. The second-order valence-corrected chi connectivity index (χ2v) is 6.86. The third-order valence-corrected chi connectivity index (χ3v) is 5.14. The van der Waals surface area contributed by atoms with Gasteiger partial charge in [0.25, 0.3) is 11.6 Å². The normalized spacial score (nSPS) is 16.5. The van der Waals surface area contributed by atoms with Gasteiger partial charge >= 0.3 is 5.91 Å². The van der Waals surface area contributed by atoms with Crippen LogP contribution in [-0.2, 0) is 12.8 Å². The Bertz CT molecular complexity index is 757. The molecule has 0 fully saturated rings. The van der Waals surface area contributed by atoms with E-state index in [2.05, 4.69) is 17.8 Å². The molecule has 0 unspecified atom stereocenters. The van der Waals surface area contributed by atoms with E-state index in [-0.39, 0.29) is 11.6 Å². The van der Waals surface area contributed by atoms with Crippen LogP contribution in [0.4, 0.5) is 0 Å². The summed E-state index contributed by atoms with van der Waals surface area (Å²) < 4.78 is 0.451. The lowest BCUT2D eigenvalue weighted by molar-refractivity contribution is -0.607. The zero-order valence-electron chi connectivity index (χ0n) is 12.7. The second kappa shape index (κ2) is 6.37. The molecule has 2 aromatic rings. The van der Waals surface area contributed by atoms with Gasteiger partial charge in [0.1, 0.15) is 0 Å². The van der Waals surface area contributed by atoms with E-state index in [1.54, 1.807) is 6.07 Å². The maximum atomic E-state index is 12.2. The van der Waals surface area contributed by atoms with Crippen molar-refractivity contribution in [3.63, 3.8) is 0 Å². The van der Waals surface area contributed by atoms with Crippen LogP contribution in [0.2, 0.25) is 0 Å². The van der Waals surface area contributed by atoms with Gasteiger partial charge in [-0.05, 0) is 42.9 Å². The van der Waals surface area contributed by atoms with Crippen molar-refractivity contribution in [1.82, 2.24) is 10.9 Å². The Hall–Kier alpha value is -2.41. The Kier molecular flexibility index (Phi) is 4.29. The summed E-state index contributed by atoms with van der Waals surface area (Å²) in [4.78, 5) is 25.9. The van der Waals surface area contributed by atoms with Gasteiger partial charge in [-0.1, -0.05) is 6.92 Å². The summed E-state index contributed by atoms with van der Waals surface area (Å²) >= 11 is 1.47. The maximum Gasteiger partial charge on any atom is 0.335 e. The highest BCUT2D eigenvalue weighted by Crippen LogP contribution is 2.32. The Morgan fingerprint density at radius 1 is 1.30 bits per heavy atom. The Morgan fingerprint density at radius 2 is 2.09 bits per heavy atom. The first-order chi connectivity index (χ1) is 11.0. The van der Waals surface area contributed by atoms with Crippen LogP contribution in [0.25, 0.3) is 0 Å². The topological polar surface area (TPSA) is 85.1 Å². The molecule has 120 valence electrons. The highest BCUT2D eigenvalue weighted by Gasteiger charge is 2.21. The lowest BCUT2D eigenvalue weighted by atomic mass is 9.90. The number of nitrogens with zero attached hydrogens (tertiary/aromatic N) is 1. The zero-order chi connectivity index (χ0) is 16.4. The monoisotopic (exact) mass is 331 g/mol. The number of pyridine rings is 1. The molecule has 0 saturated carbocycles. The number of nitrogens with one attached hydrogen (secondary N) is 2. The van der Waals surface area contributed by atoms with Crippen molar-refractivity contribution >= 4 is 23.2 Å². The maximum absolute atomic E-state index is 12.2. The SMILES string of the molecule is C[C@H]1CCc2sc(C(=O)NNC(=O)c3cccc[n+]3[O-])cc2C1. The molecular weight excluding hydrogens is 314 g/mol. The summed E-state index contributed by atoms with van der Waals surface area (Å²) in [5.41, 5.74) is 5.79. The third kappa shape index (κ3) is 3.34. The molecule has 0 bridgehead atoms. The molecule has 0 aliphatic heterocycles. The fourth-order valence-corrected chi connectivity index (χ4v) is 3.76. The molecule has 2 amide bonds. The van der Waals surface area contributed by atoms with Gasteiger partial charge in [-0.3, -0.25) is 20.4 Å². The van der Waals surface area contributed by atoms with Crippen LogP contribution in [-0.4, -0.2) is 11.8 Å². The summed E-state index contributed by atoms with van der Waals surface area (Å²) in [5.74, 6) is -0.374. The first kappa shape index (κ1) is 15.5. The smallest absolute Gasteiger partial charge is 0.335 e. The van der Waals surface area contributed by atoms with Crippen molar-refractivity contribution in [2.45, 2.75) is 26.2 Å². The van der Waals surface area contributed by atoms with Crippen LogP contribution < -0.4 is 15.6 Å². The predicted octanol–water partition coefficient (Wildman–Crippen LogP) is 1.58. The molecule has 1 aliphatic carbocycles. The molecule has 1 aliphatic rings. The average Bonchev–Trinajstić information content (AvgIpc) is 2.95. The number of fused-ring (bicyclic) bond motifs is 1. The molecule has 1 atom stereocenters. The van der Waals surface area contributed by atoms with E-state index in [4.69, 9.17) is 0 Å². The molecule has 2 aromatic heterocycles. The van der Waals surface area contributed by atoms with Gasteiger partial charge in [-0.25, -0.2) is 0 Å². The summed E-state index contributed by atoms with van der Waals surface area (Å²) in [6.45, 7) is 2.21. The summed E-state index contributed by atoms with van der Waals surface area (Å²) in [6, 6.07) is 6.40. The standard InChI is InChI=1S/C16H17N3O3S/c1-10-5-6-13-11(8-10)9-14(23-13)16(21)18-17-15(20)12-4-2-3-7-19(12)22/h2-4,7,9-10H,5-6,8H2,1H3,(H,17,20)(H,18,21)/t10-/m0/s1. The van der Waals surface area contributed by atoms with Crippen LogP contribution in [0.3, 0.4) is 0 Å². The number of hydrazine groups is 1. The number of hydrogen-bond acceptors (Lipinski definition) is 4. The number of carbonyl (C=O) groups excluding carboxylic acids is 2. The molecule has 0 aromatic carbocycles. The minimum Gasteiger partial charge on any atom is -0.618 e. The number of thiophene rings is 1. The van der Waals surface area contributed by atoms with Crippen molar-refractivity contribution in [3.8, 4) is 0 Å². The fraction of sp³-hybridized carbons (Fsp3) is 0.312. The molecule has 2 heterocycles. The highest BCUT2D eigenvalue weighted by molar-refractivity contribution is 7.14. The molecule has 23 heavy (non-hydrogen) atoms. The summed E-state index contributed by atoms with van der Waals surface area (Å²) in [5, 5.41) is 11.5. The number of hydrogen-bond donors (Lipinski definition) is 2. The molecule has 0 saturated heterocycles. The molecule has 6 nitrogen and oxygen atoms in total. The quantitative estimate of drug-likeness (QED) is 0.498. The summed E-state index contributed by atoms with van der Waals surface area (Å²) in [7, 11) is 0. The number of carbonyl (C=O) groups is 2. The van der Waals surface area contributed by atoms with Gasteiger partial charge in [0.2, 0.25) is 0 Å². The Morgan fingerprint density at radius 3 is 2.87 bits per heavy atom. The van der Waals surface area contributed by atoms with E-state index in [1.807, 2.05) is 6.07 Å². The van der Waals surface area contributed by atoms with E-state index in [0.717, 1.165) is 19.3 Å². The van der Waals surface area contributed by atoms with E-state index in [1.165, 1.54) is 40.1 Å². The first-order valence-electron chi connectivity index (χ1n) is 7.45. The second-order valence-electron chi connectivity index (χ2n) is 5.73. The van der Waals surface area contributed by atoms with Gasteiger partial charge in [-0.2, -0.15) is 4.73 Å². The van der Waals surface area contributed by atoms with Gasteiger partial charge in [0.15, 0.2) is 6.20 Å². The molecular formula is C16H17N3O3S. The largest absolute Gasteiger partial charge is 0.618 e. The highest BCUT2D eigenvalue weighted by atomic mass is 32.1. The molecule has 2 N–H and O–H groups in total. The van der Waals surface area contributed by atoms with Crippen LogP contribution in [0.5, 0.6) is 0 Å². The Labute approximate surface area is 137 Å².